The second-order valence-corrected chi connectivity index (χ2v) is 10.7. The van der Waals surface area contributed by atoms with Crippen LogP contribution in [0.25, 0.3) is 0 Å². The van der Waals surface area contributed by atoms with Crippen molar-refractivity contribution in [2.24, 2.45) is 7.05 Å². The predicted octanol–water partition coefficient (Wildman–Crippen LogP) is 4.37. The van der Waals surface area contributed by atoms with E-state index >= 15 is 0 Å². The van der Waals surface area contributed by atoms with Crippen molar-refractivity contribution in [1.82, 2.24) is 19.2 Å². The molecule has 3 atom stereocenters. The lowest BCUT2D eigenvalue weighted by Gasteiger charge is -2.25. The van der Waals surface area contributed by atoms with Crippen molar-refractivity contribution < 1.29 is 12.8 Å². The molecule has 0 radical (unpaired) electrons. The number of nitrogens with zero attached hydrogens (tertiary/aromatic N) is 3. The van der Waals surface area contributed by atoms with Gasteiger partial charge in [0, 0.05) is 54.4 Å². The summed E-state index contributed by atoms with van der Waals surface area (Å²) >= 11 is 12.4. The number of nitrogens with one attached hydrogen (secondary N) is 1. The highest BCUT2D eigenvalue weighted by Crippen LogP contribution is 2.34. The number of hydrogen-bond donors (Lipinski definition) is 1. The van der Waals surface area contributed by atoms with Crippen LogP contribution in [-0.4, -0.2) is 41.4 Å². The number of halogens is 3. The van der Waals surface area contributed by atoms with Gasteiger partial charge in [-0.3, -0.25) is 0 Å². The lowest BCUT2D eigenvalue weighted by atomic mass is 9.93. The van der Waals surface area contributed by atoms with Gasteiger partial charge in [0.05, 0.1) is 6.33 Å². The summed E-state index contributed by atoms with van der Waals surface area (Å²) in [6.45, 7) is 2.46. The first-order chi connectivity index (χ1) is 15.1. The molecule has 0 saturated carbocycles. The van der Waals surface area contributed by atoms with E-state index in [2.05, 4.69) is 10.3 Å². The van der Waals surface area contributed by atoms with Gasteiger partial charge in [-0.25, -0.2) is 17.8 Å². The standard InChI is InChI=1S/C22H23Cl2FN4O2S/c1-14(18-8-5-16(23)9-20(18)24)27-21-11-29(32(30,31)22-12-28(2)13-26-22)10-19(21)15-3-6-17(25)7-4-15/h3-9,12-14,19,21,27H,10-11H2,1-2H3. The Hall–Kier alpha value is -1.97. The number of rotatable bonds is 6. The summed E-state index contributed by atoms with van der Waals surface area (Å²) in [5, 5.41) is 4.61. The van der Waals surface area contributed by atoms with Crippen molar-refractivity contribution in [3.05, 3.63) is 82.0 Å². The van der Waals surface area contributed by atoms with Gasteiger partial charge in [-0.1, -0.05) is 41.4 Å². The minimum Gasteiger partial charge on any atom is -0.339 e. The molecule has 1 saturated heterocycles. The average Bonchev–Trinajstić information content (AvgIpc) is 3.36. The van der Waals surface area contributed by atoms with Gasteiger partial charge in [-0.15, -0.1) is 0 Å². The van der Waals surface area contributed by atoms with Crippen molar-refractivity contribution in [2.75, 3.05) is 13.1 Å². The molecule has 4 rings (SSSR count). The lowest BCUT2D eigenvalue weighted by Crippen LogP contribution is -2.38. The van der Waals surface area contributed by atoms with E-state index in [-0.39, 0.29) is 41.9 Å². The molecule has 170 valence electrons. The lowest BCUT2D eigenvalue weighted by molar-refractivity contribution is 0.428. The summed E-state index contributed by atoms with van der Waals surface area (Å²) in [7, 11) is -2.05. The Bertz CT molecular complexity index is 1220. The maximum atomic E-state index is 13.5. The molecule has 0 amide bonds. The molecule has 0 bridgehead atoms. The molecule has 1 N–H and O–H groups in total. The van der Waals surface area contributed by atoms with Crippen LogP contribution in [0.5, 0.6) is 0 Å². The fourth-order valence-electron chi connectivity index (χ4n) is 4.10. The molecular weight excluding hydrogens is 474 g/mol. The van der Waals surface area contributed by atoms with E-state index in [0.717, 1.165) is 11.1 Å². The Balaban J connectivity index is 1.63. The molecule has 0 spiro atoms. The fraction of sp³-hybridized carbons (Fsp3) is 0.318. The van der Waals surface area contributed by atoms with E-state index in [9.17, 15) is 12.8 Å². The van der Waals surface area contributed by atoms with Gasteiger partial charge < -0.3 is 9.88 Å². The van der Waals surface area contributed by atoms with Gasteiger partial charge in [0.2, 0.25) is 0 Å². The van der Waals surface area contributed by atoms with E-state index in [1.54, 1.807) is 35.9 Å². The van der Waals surface area contributed by atoms with Gasteiger partial charge in [-0.2, -0.15) is 4.31 Å². The van der Waals surface area contributed by atoms with Gasteiger partial charge in [0.25, 0.3) is 10.0 Å². The number of sulfonamides is 1. The van der Waals surface area contributed by atoms with E-state index in [0.29, 0.717) is 10.0 Å². The molecule has 2 aromatic carbocycles. The molecule has 6 nitrogen and oxygen atoms in total. The molecule has 1 aliphatic heterocycles. The summed E-state index contributed by atoms with van der Waals surface area (Å²) in [6.07, 6.45) is 2.94. The predicted molar refractivity (Wildman–Crippen MR) is 123 cm³/mol. The van der Waals surface area contributed by atoms with Crippen molar-refractivity contribution in [2.45, 2.75) is 30.0 Å². The number of hydrogen-bond acceptors (Lipinski definition) is 4. The van der Waals surface area contributed by atoms with E-state index in [1.807, 2.05) is 13.0 Å². The van der Waals surface area contributed by atoms with Crippen LogP contribution in [0.1, 0.15) is 30.0 Å². The average molecular weight is 497 g/mol. The highest BCUT2D eigenvalue weighted by Gasteiger charge is 2.41. The Kier molecular flexibility index (Phi) is 6.61. The molecule has 1 aliphatic rings. The summed E-state index contributed by atoms with van der Waals surface area (Å²) in [4.78, 5) is 4.03. The molecule has 1 fully saturated rings. The van der Waals surface area contributed by atoms with Crippen LogP contribution in [0.3, 0.4) is 0 Å². The minimum atomic E-state index is -3.77. The quantitative estimate of drug-likeness (QED) is 0.549. The SMILES string of the molecule is CC(NC1CN(S(=O)(=O)c2cn(C)cn2)CC1c1ccc(F)cc1)c1ccc(Cl)cc1Cl. The largest absolute Gasteiger partial charge is 0.339 e. The smallest absolute Gasteiger partial charge is 0.262 e. The molecule has 2 heterocycles. The zero-order valence-electron chi connectivity index (χ0n) is 17.5. The first kappa shape index (κ1) is 23.2. The van der Waals surface area contributed by atoms with Crippen molar-refractivity contribution in [3.63, 3.8) is 0 Å². The third-order valence-corrected chi connectivity index (χ3v) is 8.04. The fourth-order valence-corrected chi connectivity index (χ4v) is 6.13. The summed E-state index contributed by atoms with van der Waals surface area (Å²) in [5.74, 6) is -0.516. The van der Waals surface area contributed by atoms with Gasteiger partial charge in [0.1, 0.15) is 5.82 Å². The first-order valence-corrected chi connectivity index (χ1v) is 12.3. The number of aromatic nitrogens is 2. The zero-order chi connectivity index (χ0) is 23.0. The van der Waals surface area contributed by atoms with Crippen molar-refractivity contribution in [1.29, 1.82) is 0 Å². The number of benzene rings is 2. The van der Waals surface area contributed by atoms with Gasteiger partial charge in [-0.05, 0) is 42.3 Å². The van der Waals surface area contributed by atoms with Crippen LogP contribution < -0.4 is 5.32 Å². The van der Waals surface area contributed by atoms with E-state index in [4.69, 9.17) is 23.2 Å². The summed E-state index contributed by atoms with van der Waals surface area (Å²) < 4.78 is 42.9. The normalized spacial score (nSPS) is 20.5. The van der Waals surface area contributed by atoms with Crippen LogP contribution in [-0.2, 0) is 17.1 Å². The molecule has 3 aromatic rings. The maximum Gasteiger partial charge on any atom is 0.262 e. The Morgan fingerprint density at radius 3 is 2.50 bits per heavy atom. The van der Waals surface area contributed by atoms with Gasteiger partial charge >= 0.3 is 0 Å². The van der Waals surface area contributed by atoms with Gasteiger partial charge in [0.15, 0.2) is 5.03 Å². The van der Waals surface area contributed by atoms with E-state index < -0.39 is 10.0 Å². The summed E-state index contributed by atoms with van der Waals surface area (Å²) in [6, 6.07) is 11.1. The summed E-state index contributed by atoms with van der Waals surface area (Å²) in [5.41, 5.74) is 1.72. The second-order valence-electron chi connectivity index (χ2n) is 8.02. The van der Waals surface area contributed by atoms with Crippen molar-refractivity contribution in [3.8, 4) is 0 Å². The highest BCUT2D eigenvalue weighted by molar-refractivity contribution is 7.89. The van der Waals surface area contributed by atoms with Crippen LogP contribution in [0, 0.1) is 5.82 Å². The number of aryl methyl sites for hydroxylation is 1. The monoisotopic (exact) mass is 496 g/mol. The molecule has 10 heteroatoms. The van der Waals surface area contributed by atoms with Crippen LogP contribution in [0.2, 0.25) is 10.0 Å². The molecule has 32 heavy (non-hydrogen) atoms. The molecule has 1 aromatic heterocycles. The Labute approximate surface area is 197 Å². The van der Waals surface area contributed by atoms with Crippen LogP contribution in [0.4, 0.5) is 4.39 Å². The maximum absolute atomic E-state index is 13.5. The number of imidazole rings is 1. The molecular formula is C22H23Cl2FN4O2S. The van der Waals surface area contributed by atoms with Crippen LogP contribution >= 0.6 is 23.2 Å². The second kappa shape index (κ2) is 9.11. The van der Waals surface area contributed by atoms with E-state index in [1.165, 1.54) is 29.0 Å². The molecule has 3 unspecified atom stereocenters. The third kappa shape index (κ3) is 4.70. The topological polar surface area (TPSA) is 67.2 Å². The van der Waals surface area contributed by atoms with Crippen molar-refractivity contribution >= 4 is 33.2 Å². The minimum absolute atomic E-state index is 0.00676. The third-order valence-electron chi connectivity index (χ3n) is 5.76. The zero-order valence-corrected chi connectivity index (χ0v) is 19.9. The highest BCUT2D eigenvalue weighted by atomic mass is 35.5. The Morgan fingerprint density at radius 1 is 1.16 bits per heavy atom. The Morgan fingerprint density at radius 2 is 1.88 bits per heavy atom. The first-order valence-electron chi connectivity index (χ1n) is 10.1. The van der Waals surface area contributed by atoms with Crippen LogP contribution in [0.15, 0.2) is 60.0 Å². The molecule has 0 aliphatic carbocycles.